The van der Waals surface area contributed by atoms with Gasteiger partial charge in [-0.1, -0.05) is 51.4 Å². The highest BCUT2D eigenvalue weighted by Crippen LogP contribution is 2.64. The molecule has 7 nitrogen and oxygen atoms in total. The highest BCUT2D eigenvalue weighted by Gasteiger charge is 2.95. The van der Waals surface area contributed by atoms with E-state index in [4.69, 9.17) is 18.5 Å². The molecule has 0 N–H and O–H groups in total. The van der Waals surface area contributed by atoms with E-state index in [-0.39, 0.29) is 43.5 Å². The minimum atomic E-state index is -8.74. The van der Waals surface area contributed by atoms with E-state index in [0.717, 1.165) is 0 Å². The fourth-order valence-corrected chi connectivity index (χ4v) is 6.31. The number of alkyl halides is 26. The molecular weight excluding hydrogens is 1070 g/mol. The lowest BCUT2D eigenvalue weighted by atomic mass is 9.88. The van der Waals surface area contributed by atoms with Gasteiger partial charge in [0.25, 0.3) is 7.82 Å². The molecule has 0 saturated heterocycles. The second-order valence-electron chi connectivity index (χ2n) is 16.9. The van der Waals surface area contributed by atoms with Crippen LogP contribution in [0, 0.1) is 0 Å². The molecule has 0 aliphatic rings. The van der Waals surface area contributed by atoms with Crippen LogP contribution in [0.15, 0.2) is 0 Å². The molecule has 0 aliphatic carbocycles. The molecule has 0 spiro atoms. The van der Waals surface area contributed by atoms with Crippen molar-refractivity contribution in [1.29, 1.82) is 0 Å². The predicted molar refractivity (Wildman–Crippen MR) is 189 cm³/mol. The summed E-state index contributed by atoms with van der Waals surface area (Å²) in [6, 6.07) is 0. The van der Waals surface area contributed by atoms with E-state index >= 15 is 0 Å². The van der Waals surface area contributed by atoms with Gasteiger partial charge in [0, 0.05) is 26.1 Å². The molecule has 0 rings (SSSR count). The molecule has 0 amide bonds. The largest absolute Gasteiger partial charge is 0.756 e. The van der Waals surface area contributed by atoms with Gasteiger partial charge in [-0.2, -0.15) is 114 Å². The van der Waals surface area contributed by atoms with Crippen LogP contribution in [-0.4, -0.2) is 143 Å². The van der Waals surface area contributed by atoms with Crippen LogP contribution in [0.2, 0.25) is 0 Å². The molecule has 0 radical (unpaired) electrons. The summed E-state index contributed by atoms with van der Waals surface area (Å²) in [5.41, 5.74) is 0. The van der Waals surface area contributed by atoms with Crippen LogP contribution in [0.1, 0.15) is 89.9 Å². The van der Waals surface area contributed by atoms with Crippen LogP contribution < -0.4 is 4.89 Å². The number of likely N-dealkylation sites (N-methyl/N-ethyl adjacent to an activating group) is 1. The number of nitrogens with zero attached hydrogens (tertiary/aromatic N) is 1. The Morgan fingerprint density at radius 3 is 1.11 bits per heavy atom. The summed E-state index contributed by atoms with van der Waals surface area (Å²) in [4.78, 5) is 12.2. The maximum Gasteiger partial charge on any atom is 0.460 e. The molecule has 0 fully saturated rings. The van der Waals surface area contributed by atoms with Gasteiger partial charge in [-0.15, -0.1) is 0 Å². The van der Waals surface area contributed by atoms with Gasteiger partial charge in [0.2, 0.25) is 0 Å². The topological polar surface area (TPSA) is 77.1 Å². The summed E-state index contributed by atoms with van der Waals surface area (Å²) in [6.07, 6.45) is -21.8. The maximum absolute atomic E-state index is 14.2. The molecule has 0 heterocycles. The van der Waals surface area contributed by atoms with Gasteiger partial charge < -0.3 is 27.9 Å². The molecule has 0 aromatic carbocycles. The van der Waals surface area contributed by atoms with Gasteiger partial charge in [0.05, 0.1) is 34.4 Å². The van der Waals surface area contributed by atoms with Crippen molar-refractivity contribution in [3.63, 3.8) is 0 Å². The molecule has 0 saturated carbocycles. The number of quaternary nitrogens is 1. The molecule has 422 valence electrons. The van der Waals surface area contributed by atoms with Crippen molar-refractivity contribution >= 4 is 7.82 Å². The average molecular weight is 1120 g/mol. The molecule has 70 heavy (non-hydrogen) atoms. The first kappa shape index (κ1) is 68.2. The molecule has 0 aromatic rings. The lowest BCUT2D eigenvalue weighted by Crippen LogP contribution is -2.74. The molecule has 0 aromatic heterocycles. The quantitative estimate of drug-likeness (QED) is 0.0269. The Bertz CT molecular complexity index is 1610. The molecule has 34 heteroatoms. The van der Waals surface area contributed by atoms with Crippen molar-refractivity contribution in [2.45, 2.75) is 168 Å². The van der Waals surface area contributed by atoms with E-state index < -0.39 is 144 Å². The zero-order chi connectivity index (χ0) is 55.5. The van der Waals surface area contributed by atoms with E-state index in [1.54, 1.807) is 21.1 Å². The summed E-state index contributed by atoms with van der Waals surface area (Å²) >= 11 is 0. The number of phosphoric ester groups is 1. The third-order valence-electron chi connectivity index (χ3n) is 10.00. The van der Waals surface area contributed by atoms with Gasteiger partial charge in [-0.3, -0.25) is 4.57 Å². The Morgan fingerprint density at radius 2 is 0.714 bits per heavy atom. The first-order chi connectivity index (χ1) is 31.0. The van der Waals surface area contributed by atoms with Crippen molar-refractivity contribution in [2.75, 3.05) is 60.7 Å². The van der Waals surface area contributed by atoms with E-state index in [1.807, 2.05) is 0 Å². The fourth-order valence-electron chi connectivity index (χ4n) is 5.58. The van der Waals surface area contributed by atoms with E-state index in [1.165, 1.54) is 0 Å². The Hall–Kier alpha value is -1.83. The van der Waals surface area contributed by atoms with Gasteiger partial charge >= 0.3 is 71.6 Å². The summed E-state index contributed by atoms with van der Waals surface area (Å²) < 4.78 is 379. The highest BCUT2D eigenvalue weighted by atomic mass is 31.2. The van der Waals surface area contributed by atoms with Crippen molar-refractivity contribution in [2.24, 2.45) is 0 Å². The Morgan fingerprint density at radius 1 is 0.400 bits per heavy atom. The zero-order valence-corrected chi connectivity index (χ0v) is 37.8. The second kappa shape index (κ2) is 24.7. The molecule has 2 unspecified atom stereocenters. The molecule has 0 aliphatic heterocycles. The van der Waals surface area contributed by atoms with Gasteiger partial charge in [0.15, 0.2) is 0 Å². The second-order valence-corrected chi connectivity index (χ2v) is 18.3. The Labute approximate surface area is 383 Å². The predicted octanol–water partition coefficient (Wildman–Crippen LogP) is 13.5. The number of hydrogen-bond acceptors (Lipinski definition) is 6. The van der Waals surface area contributed by atoms with Crippen LogP contribution in [-0.2, 0) is 23.1 Å². The van der Waals surface area contributed by atoms with Crippen LogP contribution in [0.25, 0.3) is 0 Å². The van der Waals surface area contributed by atoms with Crippen LogP contribution >= 0.6 is 7.82 Å². The number of unbranched alkanes of at least 4 members (excludes halogenated alkanes) is 10. The maximum atomic E-state index is 14.2. The smallest absolute Gasteiger partial charge is 0.460 e. The van der Waals surface area contributed by atoms with Crippen molar-refractivity contribution in [1.82, 2.24) is 0 Å². The number of ether oxygens (including phenoxy) is 2. The van der Waals surface area contributed by atoms with E-state index in [2.05, 4.69) is 0 Å². The summed E-state index contributed by atoms with van der Waals surface area (Å²) in [5, 5.41) is 0. The first-order valence-electron chi connectivity index (χ1n) is 20.5. The zero-order valence-electron chi connectivity index (χ0n) is 36.9. The normalized spacial score (nSPS) is 16.5. The Balaban J connectivity index is 5.25. The minimum absolute atomic E-state index is 0.121. The third-order valence-corrected chi connectivity index (χ3v) is 11.0. The van der Waals surface area contributed by atoms with Crippen LogP contribution in [0.5, 0.6) is 0 Å². The summed E-state index contributed by atoms with van der Waals surface area (Å²) in [5.74, 6) is -76.4. The fraction of sp³-hybridized carbons (Fsp3) is 1.00. The van der Waals surface area contributed by atoms with E-state index in [0.29, 0.717) is 32.1 Å². The Kier molecular flexibility index (Phi) is 24.0. The van der Waals surface area contributed by atoms with Crippen molar-refractivity contribution in [3.8, 4) is 0 Å². The SMILES string of the molecule is C[N+](C)(C)CCOP(=O)([O-])OCC(COCCCCCC(F)(F)C(F)(F)C(F)(F)C(F)(F)C(F)(F)C(F)(F)C(F)(F)C(F)(F)F)OCCCCCCCCCCCC(F)(F)C(F)(F)C(F)(F)C(F)(F)F. The highest BCUT2D eigenvalue weighted by molar-refractivity contribution is 7.45. The first-order valence-corrected chi connectivity index (χ1v) is 22.0. The van der Waals surface area contributed by atoms with Gasteiger partial charge in [-0.05, 0) is 25.7 Å². The molecular formula is C36H50F26NO6P. The molecule has 0 bridgehead atoms. The monoisotopic (exact) mass is 1120 g/mol. The number of halogens is 26. The lowest BCUT2D eigenvalue weighted by Gasteiger charge is -2.42. The lowest BCUT2D eigenvalue weighted by molar-refractivity contribution is -0.870. The number of rotatable bonds is 36. The van der Waals surface area contributed by atoms with E-state index in [9.17, 15) is 124 Å². The number of hydrogen-bond donors (Lipinski definition) is 0. The van der Waals surface area contributed by atoms with Crippen molar-refractivity contribution < 1.29 is 147 Å². The summed E-state index contributed by atoms with van der Waals surface area (Å²) in [6.45, 7) is -2.27. The molecule has 2 atom stereocenters. The average Bonchev–Trinajstić information content (AvgIpc) is 3.17. The number of phosphoric acid groups is 1. The standard InChI is InChI=1S/C36H50F26NO6P/c1-63(2,3)18-21-68-70(64,65)69-23-24(67-20-15-10-8-6-4-5-7-9-12-16-26(39,40)28(43,44)33(53,54)35(57,58)59)22-66-19-14-11-13-17-25(37,38)27(41,42)29(45,46)30(47,48)31(49,50)32(51,52)34(55,56)36(60,61)62/h24H,4-23H2,1-3H3. The van der Waals surface area contributed by atoms with Gasteiger partial charge in [-0.25, -0.2) is 0 Å². The minimum Gasteiger partial charge on any atom is -0.756 e. The van der Waals surface area contributed by atoms with Gasteiger partial charge in [0.1, 0.15) is 19.3 Å². The van der Waals surface area contributed by atoms with Crippen LogP contribution in [0.3, 0.4) is 0 Å². The third kappa shape index (κ3) is 16.8. The van der Waals surface area contributed by atoms with Crippen LogP contribution in [0.4, 0.5) is 114 Å². The van der Waals surface area contributed by atoms with Crippen molar-refractivity contribution in [3.05, 3.63) is 0 Å². The summed E-state index contributed by atoms with van der Waals surface area (Å²) in [7, 11) is 0.0689.